The molecular formula is C16H17FN2O4. The maximum Gasteiger partial charge on any atom is 0.328 e. The number of ether oxygens (including phenoxy) is 1. The van der Waals surface area contributed by atoms with Crippen molar-refractivity contribution in [1.82, 2.24) is 10.3 Å². The van der Waals surface area contributed by atoms with E-state index in [9.17, 15) is 14.0 Å². The molecule has 1 aromatic carbocycles. The lowest BCUT2D eigenvalue weighted by Gasteiger charge is -2.14. The van der Waals surface area contributed by atoms with Gasteiger partial charge in [-0.1, -0.05) is 6.08 Å². The maximum absolute atomic E-state index is 13.1. The zero-order valence-electron chi connectivity index (χ0n) is 12.3. The Kier molecular flexibility index (Phi) is 5.48. The molecule has 0 saturated heterocycles. The summed E-state index contributed by atoms with van der Waals surface area (Å²) in [4.78, 5) is 26.0. The number of carboxylic acid groups (broad SMARTS) is 1. The van der Waals surface area contributed by atoms with Gasteiger partial charge in [-0.3, -0.25) is 4.79 Å². The molecule has 7 heteroatoms. The van der Waals surface area contributed by atoms with Gasteiger partial charge in [-0.05, 0) is 23.8 Å². The number of aromatic amines is 1. The van der Waals surface area contributed by atoms with Crippen LogP contribution in [0.5, 0.6) is 0 Å². The number of H-pyrrole nitrogens is 1. The highest BCUT2D eigenvalue weighted by Crippen LogP contribution is 2.19. The number of amides is 1. The predicted octanol–water partition coefficient (Wildman–Crippen LogP) is 1.62. The lowest BCUT2D eigenvalue weighted by Crippen LogP contribution is -2.44. The van der Waals surface area contributed by atoms with Crippen molar-refractivity contribution in [3.05, 3.63) is 48.4 Å². The number of carboxylic acids is 1. The molecule has 0 aliphatic rings. The smallest absolute Gasteiger partial charge is 0.328 e. The van der Waals surface area contributed by atoms with Crippen LogP contribution in [0.2, 0.25) is 0 Å². The van der Waals surface area contributed by atoms with E-state index in [0.717, 1.165) is 5.39 Å². The topological polar surface area (TPSA) is 91.4 Å². The summed E-state index contributed by atoms with van der Waals surface area (Å²) in [6.45, 7) is 3.51. The van der Waals surface area contributed by atoms with Crippen molar-refractivity contribution in [3.63, 3.8) is 0 Å². The van der Waals surface area contributed by atoms with Crippen molar-refractivity contribution in [2.24, 2.45) is 0 Å². The maximum atomic E-state index is 13.1. The highest BCUT2D eigenvalue weighted by atomic mass is 19.1. The average Bonchev–Trinajstić information content (AvgIpc) is 2.88. The van der Waals surface area contributed by atoms with E-state index in [2.05, 4.69) is 16.9 Å². The summed E-state index contributed by atoms with van der Waals surface area (Å²) in [6, 6.07) is 3.08. The minimum Gasteiger partial charge on any atom is -0.480 e. The minimum atomic E-state index is -1.18. The molecule has 2 aromatic rings. The van der Waals surface area contributed by atoms with Crippen LogP contribution in [0.1, 0.15) is 5.56 Å². The number of carbonyl (C=O) groups excluding carboxylic acids is 1. The number of carbonyl (C=O) groups is 2. The largest absolute Gasteiger partial charge is 0.480 e. The Balaban J connectivity index is 2.01. The molecule has 0 bridgehead atoms. The van der Waals surface area contributed by atoms with E-state index in [1.165, 1.54) is 18.2 Å². The van der Waals surface area contributed by atoms with Crippen LogP contribution in [0.3, 0.4) is 0 Å². The zero-order chi connectivity index (χ0) is 16.8. The lowest BCUT2D eigenvalue weighted by atomic mass is 10.1. The molecule has 2 rings (SSSR count). The second-order valence-electron chi connectivity index (χ2n) is 4.97. The molecule has 0 radical (unpaired) electrons. The molecular weight excluding hydrogens is 303 g/mol. The van der Waals surface area contributed by atoms with Crippen LogP contribution in [0.4, 0.5) is 4.39 Å². The van der Waals surface area contributed by atoms with E-state index in [1.807, 2.05) is 0 Å². The third-order valence-corrected chi connectivity index (χ3v) is 3.23. The van der Waals surface area contributed by atoms with Gasteiger partial charge in [0.2, 0.25) is 5.91 Å². The number of fused-ring (bicyclic) bond motifs is 1. The number of aliphatic carboxylic acids is 1. The van der Waals surface area contributed by atoms with Crippen LogP contribution in [0.25, 0.3) is 10.9 Å². The normalized spacial score (nSPS) is 12.0. The quantitative estimate of drug-likeness (QED) is 0.509. The van der Waals surface area contributed by atoms with Gasteiger partial charge in [-0.2, -0.15) is 0 Å². The van der Waals surface area contributed by atoms with Gasteiger partial charge in [0.25, 0.3) is 0 Å². The van der Waals surface area contributed by atoms with E-state index in [4.69, 9.17) is 9.84 Å². The van der Waals surface area contributed by atoms with Gasteiger partial charge in [0.15, 0.2) is 6.04 Å². The third kappa shape index (κ3) is 4.40. The molecule has 1 amide bonds. The van der Waals surface area contributed by atoms with Crippen LogP contribution in [0.15, 0.2) is 37.1 Å². The Hall–Kier alpha value is -2.67. The molecule has 1 aromatic heterocycles. The second kappa shape index (κ2) is 7.55. The Morgan fingerprint density at radius 1 is 1.48 bits per heavy atom. The summed E-state index contributed by atoms with van der Waals surface area (Å²) in [7, 11) is 0. The van der Waals surface area contributed by atoms with Crippen LogP contribution in [-0.2, 0) is 20.7 Å². The molecule has 0 saturated carbocycles. The number of rotatable bonds is 8. The highest BCUT2D eigenvalue weighted by Gasteiger charge is 2.20. The fourth-order valence-electron chi connectivity index (χ4n) is 2.17. The fraction of sp³-hybridized carbons (Fsp3) is 0.250. The summed E-state index contributed by atoms with van der Waals surface area (Å²) in [5, 5.41) is 12.2. The lowest BCUT2D eigenvalue weighted by molar-refractivity contribution is -0.143. The monoisotopic (exact) mass is 320 g/mol. The molecule has 122 valence electrons. The standard InChI is InChI=1S/C16H17FN2O4/c1-2-5-23-9-14(16(21)22)19-15(20)6-10-8-18-13-7-11(17)3-4-12(10)13/h2-4,7-8,14,18H,1,5-6,9H2,(H,19,20)(H,21,22). The molecule has 0 aliphatic carbocycles. The van der Waals surface area contributed by atoms with Crippen LogP contribution >= 0.6 is 0 Å². The Labute approximate surface area is 131 Å². The molecule has 0 spiro atoms. The molecule has 3 N–H and O–H groups in total. The third-order valence-electron chi connectivity index (χ3n) is 3.23. The molecule has 1 atom stereocenters. The first-order valence-electron chi connectivity index (χ1n) is 6.97. The first kappa shape index (κ1) is 16.7. The average molecular weight is 320 g/mol. The highest BCUT2D eigenvalue weighted by molar-refractivity contribution is 5.90. The summed E-state index contributed by atoms with van der Waals surface area (Å²) < 4.78 is 18.2. The number of aromatic nitrogens is 1. The SMILES string of the molecule is C=CCOCC(NC(=O)Cc1c[nH]c2cc(F)ccc12)C(=O)O. The van der Waals surface area contributed by atoms with Crippen molar-refractivity contribution in [1.29, 1.82) is 0 Å². The fourth-order valence-corrected chi connectivity index (χ4v) is 2.17. The molecule has 0 aliphatic heterocycles. The number of hydrogen-bond acceptors (Lipinski definition) is 3. The molecule has 1 heterocycles. The van der Waals surface area contributed by atoms with E-state index >= 15 is 0 Å². The van der Waals surface area contributed by atoms with E-state index in [0.29, 0.717) is 11.1 Å². The molecule has 23 heavy (non-hydrogen) atoms. The van der Waals surface area contributed by atoms with Crippen molar-refractivity contribution < 1.29 is 23.8 Å². The van der Waals surface area contributed by atoms with E-state index in [1.54, 1.807) is 12.3 Å². The van der Waals surface area contributed by atoms with Gasteiger partial charge in [0, 0.05) is 17.1 Å². The Morgan fingerprint density at radius 2 is 2.26 bits per heavy atom. The van der Waals surface area contributed by atoms with Crippen molar-refractivity contribution in [2.75, 3.05) is 13.2 Å². The second-order valence-corrected chi connectivity index (χ2v) is 4.97. The molecule has 6 nitrogen and oxygen atoms in total. The Bertz CT molecular complexity index is 726. The molecule has 1 unspecified atom stereocenters. The first-order valence-corrected chi connectivity index (χ1v) is 6.97. The first-order chi connectivity index (χ1) is 11.0. The van der Waals surface area contributed by atoms with Crippen LogP contribution < -0.4 is 5.32 Å². The van der Waals surface area contributed by atoms with Gasteiger partial charge in [0.05, 0.1) is 19.6 Å². The number of nitrogens with one attached hydrogen (secondary N) is 2. The number of halogens is 1. The van der Waals surface area contributed by atoms with Crippen molar-refractivity contribution >= 4 is 22.8 Å². The number of benzene rings is 1. The number of hydrogen-bond donors (Lipinski definition) is 3. The van der Waals surface area contributed by atoms with Gasteiger partial charge >= 0.3 is 5.97 Å². The summed E-state index contributed by atoms with van der Waals surface area (Å²) in [5.41, 5.74) is 1.24. The van der Waals surface area contributed by atoms with Gasteiger partial charge in [-0.25, -0.2) is 9.18 Å². The minimum absolute atomic E-state index is 0.0170. The van der Waals surface area contributed by atoms with Crippen molar-refractivity contribution in [3.8, 4) is 0 Å². The van der Waals surface area contributed by atoms with Crippen LogP contribution in [-0.4, -0.2) is 41.2 Å². The summed E-state index contributed by atoms with van der Waals surface area (Å²) in [6.07, 6.45) is 3.08. The van der Waals surface area contributed by atoms with Gasteiger partial charge in [0.1, 0.15) is 5.82 Å². The summed E-state index contributed by atoms with van der Waals surface area (Å²) in [5.74, 6) is -2.01. The molecule has 0 fully saturated rings. The Morgan fingerprint density at radius 3 is 2.96 bits per heavy atom. The van der Waals surface area contributed by atoms with E-state index in [-0.39, 0.29) is 25.5 Å². The van der Waals surface area contributed by atoms with Gasteiger partial charge in [-0.15, -0.1) is 6.58 Å². The van der Waals surface area contributed by atoms with Gasteiger partial charge < -0.3 is 20.1 Å². The zero-order valence-corrected chi connectivity index (χ0v) is 12.3. The predicted molar refractivity (Wildman–Crippen MR) is 82.5 cm³/mol. The van der Waals surface area contributed by atoms with Crippen molar-refractivity contribution in [2.45, 2.75) is 12.5 Å². The van der Waals surface area contributed by atoms with E-state index < -0.39 is 17.9 Å². The summed E-state index contributed by atoms with van der Waals surface area (Å²) >= 11 is 0. The van der Waals surface area contributed by atoms with Crippen LogP contribution in [0, 0.1) is 5.82 Å².